The van der Waals surface area contributed by atoms with Crippen molar-refractivity contribution in [2.45, 2.75) is 33.2 Å². The van der Waals surface area contributed by atoms with Gasteiger partial charge in [-0.1, -0.05) is 44.2 Å². The molecule has 0 saturated heterocycles. The van der Waals surface area contributed by atoms with E-state index in [0.717, 1.165) is 30.7 Å². The summed E-state index contributed by atoms with van der Waals surface area (Å²) in [5.41, 5.74) is 3.29. The van der Waals surface area contributed by atoms with Crippen LogP contribution < -0.4 is 5.32 Å². The van der Waals surface area contributed by atoms with Crippen molar-refractivity contribution in [3.8, 4) is 0 Å². The van der Waals surface area contributed by atoms with Crippen LogP contribution in [0.2, 0.25) is 0 Å². The molecule has 0 unspecified atom stereocenters. The summed E-state index contributed by atoms with van der Waals surface area (Å²) in [6, 6.07) is 10.3. The molecule has 0 fully saturated rings. The average molecular weight is 241 g/mol. The fraction of sp³-hybridized carbons (Fsp3) is 0.375. The molecule has 2 nitrogen and oxygen atoms in total. The first-order valence-corrected chi connectivity index (χ1v) is 6.31. The molecule has 94 valence electrons. The van der Waals surface area contributed by atoms with Crippen molar-refractivity contribution in [2.24, 2.45) is 5.41 Å². The molecule has 0 amide bonds. The van der Waals surface area contributed by atoms with Crippen LogP contribution in [0.3, 0.4) is 0 Å². The first kappa shape index (κ1) is 12.7. The molecule has 0 aromatic heterocycles. The van der Waals surface area contributed by atoms with Gasteiger partial charge in [-0.15, -0.1) is 0 Å². The predicted molar refractivity (Wildman–Crippen MR) is 73.6 cm³/mol. The Morgan fingerprint density at radius 3 is 2.61 bits per heavy atom. The Morgan fingerprint density at radius 2 is 1.94 bits per heavy atom. The normalized spacial score (nSPS) is 17.9. The lowest BCUT2D eigenvalue weighted by atomic mass is 9.77. The summed E-state index contributed by atoms with van der Waals surface area (Å²) in [6.45, 7) is 5.16. The van der Waals surface area contributed by atoms with Gasteiger partial charge in [0.25, 0.3) is 0 Å². The zero-order chi connectivity index (χ0) is 13.0. The highest BCUT2D eigenvalue weighted by molar-refractivity contribution is 5.58. The van der Waals surface area contributed by atoms with Crippen LogP contribution in [0.25, 0.3) is 0 Å². The number of rotatable bonds is 3. The van der Waals surface area contributed by atoms with E-state index in [1.165, 1.54) is 5.56 Å². The maximum atomic E-state index is 10.8. The molecule has 1 aromatic carbocycles. The molecule has 18 heavy (non-hydrogen) atoms. The smallest absolute Gasteiger partial charge is 0.128 e. The highest BCUT2D eigenvalue weighted by Crippen LogP contribution is 2.36. The summed E-state index contributed by atoms with van der Waals surface area (Å²) < 4.78 is 0. The van der Waals surface area contributed by atoms with E-state index in [2.05, 4.69) is 31.3 Å². The van der Waals surface area contributed by atoms with E-state index in [4.69, 9.17) is 0 Å². The number of hydrogen-bond donors (Lipinski definition) is 1. The Balaban J connectivity index is 2.05. The van der Waals surface area contributed by atoms with E-state index < -0.39 is 0 Å². The molecule has 0 spiro atoms. The zero-order valence-electron chi connectivity index (χ0n) is 11.0. The van der Waals surface area contributed by atoms with E-state index in [-0.39, 0.29) is 5.41 Å². The molecule has 0 heterocycles. The lowest BCUT2D eigenvalue weighted by Crippen LogP contribution is -2.24. The number of carbonyl (C=O) groups excluding carboxylic acids is 1. The highest BCUT2D eigenvalue weighted by atomic mass is 16.1. The van der Waals surface area contributed by atoms with Gasteiger partial charge in [0.2, 0.25) is 0 Å². The summed E-state index contributed by atoms with van der Waals surface area (Å²) in [4.78, 5) is 10.8. The summed E-state index contributed by atoms with van der Waals surface area (Å²) >= 11 is 0. The highest BCUT2D eigenvalue weighted by Gasteiger charge is 2.25. The molecule has 2 rings (SSSR count). The molecular formula is C16H19NO. The van der Waals surface area contributed by atoms with Gasteiger partial charge >= 0.3 is 0 Å². The van der Waals surface area contributed by atoms with Gasteiger partial charge in [0, 0.05) is 17.8 Å². The second-order valence-electron chi connectivity index (χ2n) is 5.65. The van der Waals surface area contributed by atoms with Gasteiger partial charge < -0.3 is 5.32 Å². The monoisotopic (exact) mass is 241 g/mol. The summed E-state index contributed by atoms with van der Waals surface area (Å²) in [5.74, 6) is 2.04. The molecule has 0 aliphatic heterocycles. The van der Waals surface area contributed by atoms with Crippen LogP contribution in [-0.4, -0.2) is 5.94 Å². The minimum absolute atomic E-state index is 0.139. The first-order valence-electron chi connectivity index (χ1n) is 6.31. The van der Waals surface area contributed by atoms with Gasteiger partial charge in [0.1, 0.15) is 5.94 Å². The minimum atomic E-state index is 0.139. The Labute approximate surface area is 108 Å². The quantitative estimate of drug-likeness (QED) is 0.823. The van der Waals surface area contributed by atoms with Crippen LogP contribution in [0.1, 0.15) is 32.3 Å². The van der Waals surface area contributed by atoms with Crippen molar-refractivity contribution in [2.75, 3.05) is 0 Å². The fourth-order valence-corrected chi connectivity index (χ4v) is 2.40. The topological polar surface area (TPSA) is 29.1 Å². The van der Waals surface area contributed by atoms with E-state index in [1.54, 1.807) is 0 Å². The predicted octanol–water partition coefficient (Wildman–Crippen LogP) is 3.24. The molecule has 1 N–H and O–H groups in total. The molecule has 0 radical (unpaired) electrons. The lowest BCUT2D eigenvalue weighted by Gasteiger charge is -2.30. The Morgan fingerprint density at radius 1 is 1.22 bits per heavy atom. The van der Waals surface area contributed by atoms with Crippen molar-refractivity contribution in [1.29, 1.82) is 0 Å². The minimum Gasteiger partial charge on any atom is -0.384 e. The molecular weight excluding hydrogens is 222 g/mol. The van der Waals surface area contributed by atoms with Crippen LogP contribution in [-0.2, 0) is 11.3 Å². The maximum Gasteiger partial charge on any atom is 0.128 e. The van der Waals surface area contributed by atoms with Crippen molar-refractivity contribution >= 4 is 5.94 Å². The van der Waals surface area contributed by atoms with Crippen LogP contribution >= 0.6 is 0 Å². The van der Waals surface area contributed by atoms with Gasteiger partial charge in [-0.25, -0.2) is 4.79 Å². The number of benzene rings is 1. The average Bonchev–Trinajstić information content (AvgIpc) is 2.36. The fourth-order valence-electron chi connectivity index (χ4n) is 2.40. The second kappa shape index (κ2) is 5.24. The van der Waals surface area contributed by atoms with Crippen molar-refractivity contribution < 1.29 is 4.79 Å². The third-order valence-corrected chi connectivity index (χ3v) is 3.18. The second-order valence-corrected chi connectivity index (χ2v) is 5.65. The molecule has 0 bridgehead atoms. The summed E-state index contributed by atoms with van der Waals surface area (Å²) in [6.07, 6.45) is 3.74. The number of allylic oxidation sites excluding steroid dienone is 3. The van der Waals surface area contributed by atoms with Crippen molar-refractivity contribution in [3.63, 3.8) is 0 Å². The van der Waals surface area contributed by atoms with E-state index in [9.17, 15) is 4.79 Å². The van der Waals surface area contributed by atoms with Gasteiger partial charge in [-0.3, -0.25) is 0 Å². The van der Waals surface area contributed by atoms with Crippen LogP contribution in [0.15, 0.2) is 47.7 Å². The number of hydrogen-bond acceptors (Lipinski definition) is 2. The molecule has 0 saturated carbocycles. The lowest BCUT2D eigenvalue weighted by molar-refractivity contribution is 0.342. The SMILES string of the molecule is CC1(C)CC(=C=O)C=C(NCc2ccccc2)C1. The third kappa shape index (κ3) is 3.35. The van der Waals surface area contributed by atoms with Crippen molar-refractivity contribution in [3.05, 3.63) is 53.2 Å². The summed E-state index contributed by atoms with van der Waals surface area (Å²) in [5, 5.41) is 3.42. The van der Waals surface area contributed by atoms with Gasteiger partial charge in [-0.2, -0.15) is 0 Å². The Hall–Kier alpha value is -1.79. The molecule has 0 atom stereocenters. The van der Waals surface area contributed by atoms with Crippen LogP contribution in [0.4, 0.5) is 0 Å². The first-order chi connectivity index (χ1) is 8.59. The Bertz CT molecular complexity index is 493. The molecule has 1 aliphatic carbocycles. The van der Waals surface area contributed by atoms with E-state index in [0.29, 0.717) is 0 Å². The Kier molecular flexibility index (Phi) is 3.69. The van der Waals surface area contributed by atoms with Gasteiger partial charge in [0.05, 0.1) is 0 Å². The zero-order valence-corrected chi connectivity index (χ0v) is 11.0. The van der Waals surface area contributed by atoms with Crippen LogP contribution in [0.5, 0.6) is 0 Å². The number of nitrogens with one attached hydrogen (secondary N) is 1. The largest absolute Gasteiger partial charge is 0.384 e. The maximum absolute atomic E-state index is 10.8. The van der Waals surface area contributed by atoms with E-state index >= 15 is 0 Å². The van der Waals surface area contributed by atoms with Gasteiger partial charge in [0.15, 0.2) is 0 Å². The third-order valence-electron chi connectivity index (χ3n) is 3.18. The molecule has 2 heteroatoms. The van der Waals surface area contributed by atoms with Crippen LogP contribution in [0, 0.1) is 5.41 Å². The molecule has 1 aliphatic rings. The van der Waals surface area contributed by atoms with Crippen molar-refractivity contribution in [1.82, 2.24) is 5.32 Å². The van der Waals surface area contributed by atoms with Gasteiger partial charge in [-0.05, 0) is 29.9 Å². The molecule has 1 aromatic rings. The van der Waals surface area contributed by atoms with E-state index in [1.807, 2.05) is 30.2 Å². The standard InChI is InChI=1S/C16H19NO/c1-16(2)9-14(12-18)8-15(10-16)17-11-13-6-4-3-5-7-13/h3-8,17H,9-11H2,1-2H3. The summed E-state index contributed by atoms with van der Waals surface area (Å²) in [7, 11) is 0.